The predicted octanol–water partition coefficient (Wildman–Crippen LogP) is 2.99. The van der Waals surface area contributed by atoms with Gasteiger partial charge in [0.05, 0.1) is 12.8 Å². The number of aromatic nitrogens is 2. The summed E-state index contributed by atoms with van der Waals surface area (Å²) in [6.07, 6.45) is 7.44. The van der Waals surface area contributed by atoms with Crippen molar-refractivity contribution >= 4 is 0 Å². The number of aryl methyl sites for hydroxylation is 1. The van der Waals surface area contributed by atoms with Crippen molar-refractivity contribution in [2.75, 3.05) is 13.6 Å². The zero-order chi connectivity index (χ0) is 13.8. The maximum atomic E-state index is 5.33. The van der Waals surface area contributed by atoms with Gasteiger partial charge in [0.1, 0.15) is 5.76 Å². The van der Waals surface area contributed by atoms with Crippen LogP contribution in [0.1, 0.15) is 49.1 Å². The van der Waals surface area contributed by atoms with Crippen LogP contribution < -0.4 is 0 Å². The van der Waals surface area contributed by atoms with Crippen LogP contribution in [0.25, 0.3) is 0 Å². The summed E-state index contributed by atoms with van der Waals surface area (Å²) < 4.78 is 10.7. The average molecular weight is 275 g/mol. The molecule has 0 radical (unpaired) electrons. The Hall–Kier alpha value is -1.62. The van der Waals surface area contributed by atoms with E-state index in [0.29, 0.717) is 5.92 Å². The van der Waals surface area contributed by atoms with E-state index in [4.69, 9.17) is 8.94 Å². The molecular weight excluding hydrogens is 254 g/mol. The Morgan fingerprint density at radius 1 is 1.40 bits per heavy atom. The topological polar surface area (TPSA) is 55.3 Å². The Labute approximate surface area is 119 Å². The van der Waals surface area contributed by atoms with Gasteiger partial charge in [-0.3, -0.25) is 4.90 Å². The predicted molar refractivity (Wildman–Crippen MR) is 74.3 cm³/mol. The van der Waals surface area contributed by atoms with Gasteiger partial charge in [-0.25, -0.2) is 0 Å². The van der Waals surface area contributed by atoms with Gasteiger partial charge in [0.2, 0.25) is 5.89 Å². The number of hydrogen-bond acceptors (Lipinski definition) is 5. The summed E-state index contributed by atoms with van der Waals surface area (Å²) in [5.41, 5.74) is 0. The summed E-state index contributed by atoms with van der Waals surface area (Å²) in [6, 6.07) is 3.95. The Balaban J connectivity index is 1.41. The van der Waals surface area contributed by atoms with Crippen molar-refractivity contribution in [3.8, 4) is 0 Å². The molecule has 1 aliphatic rings. The lowest BCUT2D eigenvalue weighted by Crippen LogP contribution is -2.20. The smallest absolute Gasteiger partial charge is 0.229 e. The molecular formula is C15H21N3O2. The molecule has 2 heterocycles. The van der Waals surface area contributed by atoms with Crippen LogP contribution in [0.3, 0.4) is 0 Å². The summed E-state index contributed by atoms with van der Waals surface area (Å²) in [5.74, 6) is 3.19. The monoisotopic (exact) mass is 275 g/mol. The van der Waals surface area contributed by atoms with Crippen molar-refractivity contribution in [2.45, 2.75) is 44.6 Å². The number of rotatable bonds is 7. The third kappa shape index (κ3) is 3.28. The lowest BCUT2D eigenvalue weighted by atomic mass is 9.85. The van der Waals surface area contributed by atoms with Crippen LogP contribution in [0.4, 0.5) is 0 Å². The molecule has 1 aliphatic carbocycles. The standard InChI is InChI=1S/C15H21N3O2/c1-18(9-3-7-13-8-4-10-19-13)11-14-16-15(20-17-14)12-5-2-6-12/h4,8,10,12H,2-3,5-7,9,11H2,1H3. The Kier molecular flexibility index (Phi) is 4.16. The van der Waals surface area contributed by atoms with Gasteiger partial charge in [0, 0.05) is 12.3 Å². The van der Waals surface area contributed by atoms with Gasteiger partial charge in [-0.2, -0.15) is 4.98 Å². The van der Waals surface area contributed by atoms with Crippen LogP contribution in [0.5, 0.6) is 0 Å². The minimum atomic E-state index is 0.514. The second kappa shape index (κ2) is 6.22. The fraction of sp³-hybridized carbons (Fsp3) is 0.600. The lowest BCUT2D eigenvalue weighted by molar-refractivity contribution is 0.281. The molecule has 1 fully saturated rings. The molecule has 1 saturated carbocycles. The molecule has 0 N–H and O–H groups in total. The van der Waals surface area contributed by atoms with Gasteiger partial charge < -0.3 is 8.94 Å². The van der Waals surface area contributed by atoms with Crippen molar-refractivity contribution in [1.29, 1.82) is 0 Å². The molecule has 0 atom stereocenters. The highest BCUT2D eigenvalue weighted by atomic mass is 16.5. The lowest BCUT2D eigenvalue weighted by Gasteiger charge is -2.20. The molecule has 3 rings (SSSR count). The molecule has 5 nitrogen and oxygen atoms in total. The highest BCUT2D eigenvalue weighted by Crippen LogP contribution is 2.35. The fourth-order valence-corrected chi connectivity index (χ4v) is 2.45. The summed E-state index contributed by atoms with van der Waals surface area (Å²) in [4.78, 5) is 6.71. The van der Waals surface area contributed by atoms with Crippen LogP contribution in [-0.4, -0.2) is 28.6 Å². The van der Waals surface area contributed by atoms with Crippen LogP contribution in [0.2, 0.25) is 0 Å². The molecule has 0 spiro atoms. The van der Waals surface area contributed by atoms with Gasteiger partial charge >= 0.3 is 0 Å². The molecule has 108 valence electrons. The van der Waals surface area contributed by atoms with E-state index < -0.39 is 0 Å². The molecule has 0 saturated heterocycles. The molecule has 5 heteroatoms. The van der Waals surface area contributed by atoms with E-state index in [0.717, 1.165) is 43.4 Å². The molecule has 0 aliphatic heterocycles. The van der Waals surface area contributed by atoms with Gasteiger partial charge in [-0.05, 0) is 45.0 Å². The summed E-state index contributed by atoms with van der Waals surface area (Å²) in [5, 5.41) is 4.07. The molecule has 0 unspecified atom stereocenters. The Morgan fingerprint density at radius 3 is 3.00 bits per heavy atom. The first-order valence-corrected chi connectivity index (χ1v) is 7.34. The normalized spacial score (nSPS) is 15.7. The number of nitrogens with zero attached hydrogens (tertiary/aromatic N) is 3. The first-order valence-electron chi connectivity index (χ1n) is 7.34. The maximum absolute atomic E-state index is 5.33. The third-order valence-electron chi connectivity index (χ3n) is 3.89. The summed E-state index contributed by atoms with van der Waals surface area (Å²) >= 11 is 0. The van der Waals surface area contributed by atoms with Crippen LogP contribution in [0.15, 0.2) is 27.3 Å². The second-order valence-corrected chi connectivity index (χ2v) is 5.60. The minimum Gasteiger partial charge on any atom is -0.469 e. The van der Waals surface area contributed by atoms with Gasteiger partial charge in [-0.15, -0.1) is 0 Å². The summed E-state index contributed by atoms with van der Waals surface area (Å²) in [7, 11) is 2.08. The highest BCUT2D eigenvalue weighted by Gasteiger charge is 2.25. The summed E-state index contributed by atoms with van der Waals surface area (Å²) in [6.45, 7) is 1.74. The van der Waals surface area contributed by atoms with E-state index >= 15 is 0 Å². The minimum absolute atomic E-state index is 0.514. The maximum Gasteiger partial charge on any atom is 0.229 e. The van der Waals surface area contributed by atoms with Crippen LogP contribution in [0, 0.1) is 0 Å². The fourth-order valence-electron chi connectivity index (χ4n) is 2.45. The van der Waals surface area contributed by atoms with E-state index in [1.165, 1.54) is 19.3 Å². The third-order valence-corrected chi connectivity index (χ3v) is 3.89. The first-order chi connectivity index (χ1) is 9.81. The Morgan fingerprint density at radius 2 is 2.30 bits per heavy atom. The van der Waals surface area contributed by atoms with Gasteiger partial charge in [0.25, 0.3) is 0 Å². The highest BCUT2D eigenvalue weighted by molar-refractivity contribution is 4.99. The van der Waals surface area contributed by atoms with E-state index in [2.05, 4.69) is 22.1 Å². The van der Waals surface area contributed by atoms with Crippen molar-refractivity contribution < 1.29 is 8.94 Å². The zero-order valence-corrected chi connectivity index (χ0v) is 11.9. The average Bonchev–Trinajstić information content (AvgIpc) is 2.99. The van der Waals surface area contributed by atoms with Crippen LogP contribution in [-0.2, 0) is 13.0 Å². The van der Waals surface area contributed by atoms with Gasteiger partial charge in [-0.1, -0.05) is 11.6 Å². The van der Waals surface area contributed by atoms with E-state index in [1.54, 1.807) is 6.26 Å². The number of hydrogen-bond donors (Lipinski definition) is 0. The molecule has 0 amide bonds. The van der Waals surface area contributed by atoms with Crippen molar-refractivity contribution in [3.05, 3.63) is 35.9 Å². The number of furan rings is 1. The van der Waals surface area contributed by atoms with Crippen molar-refractivity contribution in [2.24, 2.45) is 0 Å². The van der Waals surface area contributed by atoms with Crippen LogP contribution >= 0.6 is 0 Å². The van der Waals surface area contributed by atoms with E-state index in [1.807, 2.05) is 12.1 Å². The second-order valence-electron chi connectivity index (χ2n) is 5.60. The largest absolute Gasteiger partial charge is 0.469 e. The molecule has 0 aromatic carbocycles. The molecule has 2 aromatic rings. The van der Waals surface area contributed by atoms with Crippen molar-refractivity contribution in [3.63, 3.8) is 0 Å². The molecule has 20 heavy (non-hydrogen) atoms. The first kappa shape index (κ1) is 13.4. The van der Waals surface area contributed by atoms with Crippen molar-refractivity contribution in [1.82, 2.24) is 15.0 Å². The quantitative estimate of drug-likeness (QED) is 0.777. The molecule has 0 bridgehead atoms. The Bertz CT molecular complexity index is 517. The van der Waals surface area contributed by atoms with E-state index in [-0.39, 0.29) is 0 Å². The SMILES string of the molecule is CN(CCCc1ccco1)Cc1noc(C2CCC2)n1. The molecule has 2 aromatic heterocycles. The van der Waals surface area contributed by atoms with Gasteiger partial charge in [0.15, 0.2) is 5.82 Å². The zero-order valence-electron chi connectivity index (χ0n) is 11.9. The van der Waals surface area contributed by atoms with E-state index in [9.17, 15) is 0 Å².